The van der Waals surface area contributed by atoms with Crippen molar-refractivity contribution in [1.29, 1.82) is 0 Å². The van der Waals surface area contributed by atoms with Crippen molar-refractivity contribution in [1.82, 2.24) is 14.9 Å². The zero-order valence-corrected chi connectivity index (χ0v) is 10.4. The van der Waals surface area contributed by atoms with Crippen molar-refractivity contribution in [3.63, 3.8) is 0 Å². The smallest absolute Gasteiger partial charge is 0.127 e. The summed E-state index contributed by atoms with van der Waals surface area (Å²) in [6, 6.07) is 5.04. The Morgan fingerprint density at radius 3 is 3.18 bits per heavy atom. The molecule has 3 nitrogen and oxygen atoms in total. The first-order chi connectivity index (χ1) is 8.25. The van der Waals surface area contributed by atoms with Crippen LogP contribution in [-0.2, 0) is 7.05 Å². The number of halogens is 1. The molecule has 1 fully saturated rings. The number of hydrogen-bond donors (Lipinski definition) is 1. The summed E-state index contributed by atoms with van der Waals surface area (Å²) in [5, 5.41) is 3.45. The highest BCUT2D eigenvalue weighted by Crippen LogP contribution is 2.24. The van der Waals surface area contributed by atoms with E-state index in [0.717, 1.165) is 34.9 Å². The zero-order chi connectivity index (χ0) is 11.8. The van der Waals surface area contributed by atoms with Crippen molar-refractivity contribution in [3.8, 4) is 0 Å². The number of rotatable bonds is 1. The van der Waals surface area contributed by atoms with Crippen LogP contribution < -0.4 is 5.32 Å². The summed E-state index contributed by atoms with van der Waals surface area (Å²) >= 11 is 1.93. The second-order valence-corrected chi connectivity index (χ2v) is 5.39. The third-order valence-electron chi connectivity index (χ3n) is 3.11. The van der Waals surface area contributed by atoms with E-state index < -0.39 is 0 Å². The summed E-state index contributed by atoms with van der Waals surface area (Å²) < 4.78 is 15.2. The van der Waals surface area contributed by atoms with Gasteiger partial charge in [0, 0.05) is 31.2 Å². The molecule has 0 radical (unpaired) electrons. The molecular formula is C12H14FN3S. The minimum Gasteiger partial charge on any atom is -0.330 e. The van der Waals surface area contributed by atoms with Gasteiger partial charge in [-0.15, -0.1) is 0 Å². The van der Waals surface area contributed by atoms with Crippen LogP contribution in [0.25, 0.3) is 11.0 Å². The summed E-state index contributed by atoms with van der Waals surface area (Å²) in [5.41, 5.74) is 1.72. The molecule has 0 amide bonds. The second kappa shape index (κ2) is 4.31. The van der Waals surface area contributed by atoms with Crippen molar-refractivity contribution >= 4 is 22.8 Å². The molecule has 0 bridgehead atoms. The molecule has 1 N–H and O–H groups in total. The number of nitrogens with one attached hydrogen (secondary N) is 1. The predicted molar refractivity (Wildman–Crippen MR) is 68.7 cm³/mol. The average Bonchev–Trinajstić information content (AvgIpc) is 2.67. The molecule has 1 unspecified atom stereocenters. The normalized spacial score (nSPS) is 20.9. The summed E-state index contributed by atoms with van der Waals surface area (Å²) in [6.45, 7) is 1.01. The maximum atomic E-state index is 13.2. The van der Waals surface area contributed by atoms with E-state index in [4.69, 9.17) is 0 Å². The molecule has 1 saturated heterocycles. The number of hydrogen-bond acceptors (Lipinski definition) is 3. The quantitative estimate of drug-likeness (QED) is 0.841. The molecule has 0 saturated carbocycles. The Balaban J connectivity index is 2.07. The average molecular weight is 251 g/mol. The van der Waals surface area contributed by atoms with Crippen LogP contribution in [0.2, 0.25) is 0 Å². The van der Waals surface area contributed by atoms with Crippen molar-refractivity contribution in [3.05, 3.63) is 29.8 Å². The van der Waals surface area contributed by atoms with E-state index in [1.807, 2.05) is 18.8 Å². The number of aromatic nitrogens is 2. The largest absolute Gasteiger partial charge is 0.330 e. The molecule has 1 atom stereocenters. The van der Waals surface area contributed by atoms with Gasteiger partial charge in [0.15, 0.2) is 0 Å². The summed E-state index contributed by atoms with van der Waals surface area (Å²) in [4.78, 5) is 4.54. The van der Waals surface area contributed by atoms with Crippen molar-refractivity contribution in [2.75, 3.05) is 18.1 Å². The maximum Gasteiger partial charge on any atom is 0.127 e. The van der Waals surface area contributed by atoms with E-state index >= 15 is 0 Å². The number of aryl methyl sites for hydroxylation is 1. The molecule has 5 heteroatoms. The highest BCUT2D eigenvalue weighted by atomic mass is 32.2. The van der Waals surface area contributed by atoms with Crippen LogP contribution in [0.3, 0.4) is 0 Å². The number of benzene rings is 1. The van der Waals surface area contributed by atoms with Crippen LogP contribution in [0.15, 0.2) is 18.2 Å². The first kappa shape index (κ1) is 11.0. The molecule has 0 aliphatic carbocycles. The van der Waals surface area contributed by atoms with Crippen LogP contribution in [-0.4, -0.2) is 27.6 Å². The van der Waals surface area contributed by atoms with Crippen LogP contribution in [0.5, 0.6) is 0 Å². The van der Waals surface area contributed by atoms with Gasteiger partial charge in [-0.3, -0.25) is 0 Å². The van der Waals surface area contributed by atoms with Gasteiger partial charge >= 0.3 is 0 Å². The fourth-order valence-corrected chi connectivity index (χ4v) is 3.17. The fraction of sp³-hybridized carbons (Fsp3) is 0.417. The van der Waals surface area contributed by atoms with Crippen LogP contribution >= 0.6 is 11.8 Å². The number of thioether (sulfide) groups is 1. The standard InChI is InChI=1S/C12H14FN3S/c1-16-11-3-2-8(13)6-9(11)15-12(16)10-7-17-5-4-14-10/h2-3,6,10,14H,4-5,7H2,1H3. The van der Waals surface area contributed by atoms with E-state index in [9.17, 15) is 4.39 Å². The van der Waals surface area contributed by atoms with E-state index in [0.29, 0.717) is 0 Å². The van der Waals surface area contributed by atoms with Crippen LogP contribution in [0.1, 0.15) is 11.9 Å². The second-order valence-electron chi connectivity index (χ2n) is 4.24. The van der Waals surface area contributed by atoms with Gasteiger partial charge in [0.25, 0.3) is 0 Å². The first-order valence-electron chi connectivity index (χ1n) is 5.69. The van der Waals surface area contributed by atoms with Gasteiger partial charge in [0.1, 0.15) is 11.6 Å². The third-order valence-corrected chi connectivity index (χ3v) is 4.17. The van der Waals surface area contributed by atoms with E-state index in [1.54, 1.807) is 6.07 Å². The van der Waals surface area contributed by atoms with Gasteiger partial charge in [-0.1, -0.05) is 0 Å². The van der Waals surface area contributed by atoms with Crippen molar-refractivity contribution < 1.29 is 4.39 Å². The van der Waals surface area contributed by atoms with Gasteiger partial charge in [-0.05, 0) is 12.1 Å². The molecule has 90 valence electrons. The Kier molecular flexibility index (Phi) is 2.80. The Hall–Kier alpha value is -1.07. The molecule has 17 heavy (non-hydrogen) atoms. The molecular weight excluding hydrogens is 237 g/mol. The van der Waals surface area contributed by atoms with Crippen molar-refractivity contribution in [2.24, 2.45) is 7.05 Å². The lowest BCUT2D eigenvalue weighted by atomic mass is 10.3. The topological polar surface area (TPSA) is 29.9 Å². The first-order valence-corrected chi connectivity index (χ1v) is 6.84. The van der Waals surface area contributed by atoms with E-state index in [-0.39, 0.29) is 11.9 Å². The molecule has 2 aromatic rings. The van der Waals surface area contributed by atoms with Gasteiger partial charge in [-0.2, -0.15) is 11.8 Å². The van der Waals surface area contributed by atoms with Crippen LogP contribution in [0, 0.1) is 5.82 Å². The predicted octanol–water partition coefficient (Wildman–Crippen LogP) is 2.09. The molecule has 1 aliphatic heterocycles. The molecule has 2 heterocycles. The summed E-state index contributed by atoms with van der Waals surface area (Å²) in [5.74, 6) is 2.94. The summed E-state index contributed by atoms with van der Waals surface area (Å²) in [7, 11) is 1.99. The Morgan fingerprint density at radius 1 is 1.53 bits per heavy atom. The van der Waals surface area contributed by atoms with E-state index in [1.165, 1.54) is 12.1 Å². The number of imidazole rings is 1. The molecule has 1 aliphatic rings. The van der Waals surface area contributed by atoms with Gasteiger partial charge in [0.05, 0.1) is 17.1 Å². The van der Waals surface area contributed by atoms with Crippen molar-refractivity contribution in [2.45, 2.75) is 6.04 Å². The highest BCUT2D eigenvalue weighted by molar-refractivity contribution is 7.99. The lowest BCUT2D eigenvalue weighted by molar-refractivity contribution is 0.549. The highest BCUT2D eigenvalue weighted by Gasteiger charge is 2.20. The maximum absolute atomic E-state index is 13.2. The Bertz CT molecular complexity index is 546. The molecule has 3 rings (SSSR count). The van der Waals surface area contributed by atoms with Gasteiger partial charge < -0.3 is 9.88 Å². The lowest BCUT2D eigenvalue weighted by Gasteiger charge is -2.22. The molecule has 1 aromatic heterocycles. The fourth-order valence-electron chi connectivity index (χ4n) is 2.23. The van der Waals surface area contributed by atoms with Gasteiger partial charge in [0.2, 0.25) is 0 Å². The lowest BCUT2D eigenvalue weighted by Crippen LogP contribution is -2.32. The minimum absolute atomic E-state index is 0.229. The van der Waals surface area contributed by atoms with E-state index in [2.05, 4.69) is 14.9 Å². The van der Waals surface area contributed by atoms with Crippen LogP contribution in [0.4, 0.5) is 4.39 Å². The SMILES string of the molecule is Cn1c(C2CSCCN2)nc2cc(F)ccc21. The minimum atomic E-state index is -0.229. The van der Waals surface area contributed by atoms with Gasteiger partial charge in [-0.25, -0.2) is 9.37 Å². The Morgan fingerprint density at radius 2 is 2.41 bits per heavy atom. The molecule has 1 aromatic carbocycles. The number of fused-ring (bicyclic) bond motifs is 1. The molecule has 0 spiro atoms. The zero-order valence-electron chi connectivity index (χ0n) is 9.61. The monoisotopic (exact) mass is 251 g/mol. The number of nitrogens with zero attached hydrogens (tertiary/aromatic N) is 2. The third kappa shape index (κ3) is 1.93. The summed E-state index contributed by atoms with van der Waals surface area (Å²) in [6.07, 6.45) is 0. The Labute approximate surface area is 103 Å².